The number of esters is 1. The number of Topliss-reactive ketones (excluding diaryl/α,β-unsaturated/α-hetero) is 1. The summed E-state index contributed by atoms with van der Waals surface area (Å²) in [5, 5.41) is 6.63. The maximum Gasteiger partial charge on any atom is 0.323 e. The zero-order chi connectivity index (χ0) is 11.0. The SMILES string of the molecule is C=CCOC(=O)[C@@H](N)CCC(=O)C=N. The summed E-state index contributed by atoms with van der Waals surface area (Å²) < 4.78 is 4.67. The number of carbonyl (C=O) groups is 2. The van der Waals surface area contributed by atoms with E-state index in [1.807, 2.05) is 0 Å². The van der Waals surface area contributed by atoms with Crippen molar-refractivity contribution in [2.45, 2.75) is 18.9 Å². The fourth-order valence-electron chi connectivity index (χ4n) is 0.736. The van der Waals surface area contributed by atoms with Crippen molar-refractivity contribution in [3.8, 4) is 0 Å². The van der Waals surface area contributed by atoms with Gasteiger partial charge in [0.05, 0.1) is 6.21 Å². The molecule has 0 spiro atoms. The molecule has 0 bridgehead atoms. The molecule has 3 N–H and O–H groups in total. The molecule has 0 amide bonds. The van der Waals surface area contributed by atoms with Gasteiger partial charge in [0.2, 0.25) is 0 Å². The van der Waals surface area contributed by atoms with Crippen LogP contribution >= 0.6 is 0 Å². The summed E-state index contributed by atoms with van der Waals surface area (Å²) in [6.45, 7) is 3.49. The highest BCUT2D eigenvalue weighted by molar-refractivity contribution is 6.26. The molecule has 0 aromatic heterocycles. The third kappa shape index (κ3) is 5.21. The van der Waals surface area contributed by atoms with Gasteiger partial charge in [0.15, 0.2) is 5.78 Å². The predicted molar refractivity (Wildman–Crippen MR) is 52.2 cm³/mol. The minimum Gasteiger partial charge on any atom is -0.460 e. The van der Waals surface area contributed by atoms with Gasteiger partial charge in [-0.25, -0.2) is 0 Å². The van der Waals surface area contributed by atoms with E-state index in [-0.39, 0.29) is 25.2 Å². The Kier molecular flexibility index (Phi) is 6.22. The lowest BCUT2D eigenvalue weighted by Gasteiger charge is -2.08. The molecule has 0 aliphatic heterocycles. The van der Waals surface area contributed by atoms with E-state index < -0.39 is 12.0 Å². The van der Waals surface area contributed by atoms with Gasteiger partial charge in [0.25, 0.3) is 0 Å². The van der Waals surface area contributed by atoms with Gasteiger partial charge in [0.1, 0.15) is 12.6 Å². The van der Waals surface area contributed by atoms with Crippen molar-refractivity contribution in [1.29, 1.82) is 5.41 Å². The fraction of sp³-hybridized carbons (Fsp3) is 0.444. The van der Waals surface area contributed by atoms with Gasteiger partial charge in [-0.15, -0.1) is 0 Å². The second kappa shape index (κ2) is 6.97. The molecule has 0 aromatic carbocycles. The average molecular weight is 198 g/mol. The number of nitrogens with two attached hydrogens (primary N) is 1. The highest BCUT2D eigenvalue weighted by Gasteiger charge is 2.15. The molecule has 0 saturated heterocycles. The van der Waals surface area contributed by atoms with Crippen LogP contribution in [0.25, 0.3) is 0 Å². The number of hydrogen-bond donors (Lipinski definition) is 2. The van der Waals surface area contributed by atoms with Gasteiger partial charge in [-0.2, -0.15) is 0 Å². The molecule has 0 aliphatic carbocycles. The van der Waals surface area contributed by atoms with Gasteiger partial charge in [-0.05, 0) is 6.42 Å². The third-order valence-corrected chi connectivity index (χ3v) is 1.51. The Balaban J connectivity index is 3.77. The lowest BCUT2D eigenvalue weighted by molar-refractivity contribution is -0.144. The fourth-order valence-corrected chi connectivity index (χ4v) is 0.736. The normalized spacial score (nSPS) is 11.5. The van der Waals surface area contributed by atoms with Crippen molar-refractivity contribution in [2.24, 2.45) is 5.73 Å². The van der Waals surface area contributed by atoms with Gasteiger partial charge in [-0.3, -0.25) is 9.59 Å². The molecular weight excluding hydrogens is 184 g/mol. The first kappa shape index (κ1) is 12.5. The first-order valence-electron chi connectivity index (χ1n) is 4.18. The average Bonchev–Trinajstić information content (AvgIpc) is 2.21. The number of carbonyl (C=O) groups excluding carboxylic acids is 2. The van der Waals surface area contributed by atoms with Crippen LogP contribution in [0.5, 0.6) is 0 Å². The van der Waals surface area contributed by atoms with Gasteiger partial charge >= 0.3 is 5.97 Å². The van der Waals surface area contributed by atoms with Crippen LogP contribution in [0.3, 0.4) is 0 Å². The Morgan fingerprint density at radius 1 is 1.57 bits per heavy atom. The molecule has 78 valence electrons. The van der Waals surface area contributed by atoms with E-state index in [1.54, 1.807) is 0 Å². The van der Waals surface area contributed by atoms with Crippen LogP contribution in [0.1, 0.15) is 12.8 Å². The Labute approximate surface area is 82.4 Å². The summed E-state index contributed by atoms with van der Waals surface area (Å²) in [4.78, 5) is 21.7. The Hall–Kier alpha value is -1.49. The second-order valence-corrected chi connectivity index (χ2v) is 2.67. The second-order valence-electron chi connectivity index (χ2n) is 2.67. The van der Waals surface area contributed by atoms with Crippen LogP contribution in [0, 0.1) is 5.41 Å². The van der Waals surface area contributed by atoms with Crippen molar-refractivity contribution in [2.75, 3.05) is 6.61 Å². The monoisotopic (exact) mass is 198 g/mol. The number of ether oxygens (including phenoxy) is 1. The van der Waals surface area contributed by atoms with Crippen molar-refractivity contribution < 1.29 is 14.3 Å². The van der Waals surface area contributed by atoms with Crippen molar-refractivity contribution in [1.82, 2.24) is 0 Å². The lowest BCUT2D eigenvalue weighted by atomic mass is 10.1. The van der Waals surface area contributed by atoms with Gasteiger partial charge in [-0.1, -0.05) is 12.7 Å². The zero-order valence-corrected chi connectivity index (χ0v) is 7.86. The van der Waals surface area contributed by atoms with Crippen LogP contribution in [0.4, 0.5) is 0 Å². The van der Waals surface area contributed by atoms with Crippen LogP contribution in [-0.4, -0.2) is 30.6 Å². The maximum atomic E-state index is 11.0. The molecule has 1 atom stereocenters. The summed E-state index contributed by atoms with van der Waals surface area (Å²) in [7, 11) is 0. The number of nitrogens with one attached hydrogen (secondary N) is 1. The smallest absolute Gasteiger partial charge is 0.323 e. The van der Waals surface area contributed by atoms with Crippen molar-refractivity contribution in [3.63, 3.8) is 0 Å². The summed E-state index contributed by atoms with van der Waals surface area (Å²) in [5.74, 6) is -0.903. The summed E-state index contributed by atoms with van der Waals surface area (Å²) in [6.07, 6.45) is 2.44. The van der Waals surface area contributed by atoms with E-state index in [2.05, 4.69) is 11.3 Å². The summed E-state index contributed by atoms with van der Waals surface area (Å²) in [5.41, 5.74) is 5.42. The maximum absolute atomic E-state index is 11.0. The molecule has 0 fully saturated rings. The minimum atomic E-state index is -0.807. The predicted octanol–water partition coefficient (Wildman–Crippen LogP) is 0.0418. The van der Waals surface area contributed by atoms with Crippen LogP contribution in [0.15, 0.2) is 12.7 Å². The first-order valence-corrected chi connectivity index (χ1v) is 4.18. The minimum absolute atomic E-state index is 0.0911. The molecule has 0 aromatic rings. The van der Waals surface area contributed by atoms with Crippen molar-refractivity contribution in [3.05, 3.63) is 12.7 Å². The molecule has 0 aliphatic rings. The Bertz CT molecular complexity index is 238. The number of ketones is 1. The van der Waals surface area contributed by atoms with E-state index in [4.69, 9.17) is 11.1 Å². The van der Waals surface area contributed by atoms with E-state index >= 15 is 0 Å². The van der Waals surface area contributed by atoms with Crippen LogP contribution in [-0.2, 0) is 14.3 Å². The standard InChI is InChI=1S/C9H14N2O3/c1-2-5-14-9(13)8(11)4-3-7(12)6-10/h2,6,8,10H,1,3-5,11H2/t8-/m0/s1. The van der Waals surface area contributed by atoms with E-state index in [0.717, 1.165) is 0 Å². The molecule has 0 heterocycles. The van der Waals surface area contributed by atoms with E-state index in [1.165, 1.54) is 6.08 Å². The number of hydrogen-bond acceptors (Lipinski definition) is 5. The van der Waals surface area contributed by atoms with Crippen LogP contribution < -0.4 is 5.73 Å². The molecule has 5 nitrogen and oxygen atoms in total. The summed E-state index contributed by atoms with van der Waals surface area (Å²) >= 11 is 0. The largest absolute Gasteiger partial charge is 0.460 e. The molecule has 5 heteroatoms. The highest BCUT2D eigenvalue weighted by atomic mass is 16.5. The first-order chi connectivity index (χ1) is 6.61. The van der Waals surface area contributed by atoms with E-state index in [0.29, 0.717) is 6.21 Å². The topological polar surface area (TPSA) is 93.2 Å². The third-order valence-electron chi connectivity index (χ3n) is 1.51. The molecule has 0 unspecified atom stereocenters. The lowest BCUT2D eigenvalue weighted by Crippen LogP contribution is -2.32. The van der Waals surface area contributed by atoms with Gasteiger partial charge < -0.3 is 15.9 Å². The van der Waals surface area contributed by atoms with Crippen LogP contribution in [0.2, 0.25) is 0 Å². The molecule has 0 saturated carbocycles. The van der Waals surface area contributed by atoms with E-state index in [9.17, 15) is 9.59 Å². The Morgan fingerprint density at radius 3 is 2.71 bits per heavy atom. The highest BCUT2D eigenvalue weighted by Crippen LogP contribution is 1.97. The quantitative estimate of drug-likeness (QED) is 0.343. The molecule has 14 heavy (non-hydrogen) atoms. The number of rotatable bonds is 7. The molecular formula is C9H14N2O3. The molecule has 0 radical (unpaired) electrons. The summed E-state index contributed by atoms with van der Waals surface area (Å²) in [6, 6.07) is -0.807. The Morgan fingerprint density at radius 2 is 2.21 bits per heavy atom. The van der Waals surface area contributed by atoms with Crippen molar-refractivity contribution >= 4 is 18.0 Å². The molecule has 0 rings (SSSR count). The zero-order valence-electron chi connectivity index (χ0n) is 7.86. The van der Waals surface area contributed by atoms with Gasteiger partial charge in [0, 0.05) is 6.42 Å².